The van der Waals surface area contributed by atoms with E-state index in [2.05, 4.69) is 21.4 Å². The van der Waals surface area contributed by atoms with Gasteiger partial charge in [0.1, 0.15) is 29.2 Å². The van der Waals surface area contributed by atoms with Crippen LogP contribution in [0.2, 0.25) is 0 Å². The number of hydrogen-bond donors (Lipinski definition) is 3. The molecule has 10 heteroatoms. The quantitative estimate of drug-likeness (QED) is 0.168. The van der Waals surface area contributed by atoms with Crippen molar-refractivity contribution in [3.63, 3.8) is 0 Å². The fraction of sp³-hybridized carbons (Fsp3) is 0.250. The molecule has 2 heterocycles. The van der Waals surface area contributed by atoms with Crippen molar-refractivity contribution < 1.29 is 27.8 Å². The van der Waals surface area contributed by atoms with Crippen LogP contribution in [0.4, 0.5) is 19.0 Å². The molecule has 2 aromatic heterocycles. The molecule has 2 aliphatic carbocycles. The van der Waals surface area contributed by atoms with Crippen LogP contribution in [0, 0.1) is 46.5 Å². The highest BCUT2D eigenvalue weighted by Gasteiger charge is 2.44. The van der Waals surface area contributed by atoms with Gasteiger partial charge in [0, 0.05) is 34.8 Å². The monoisotopic (exact) mass is 622 g/mol. The minimum Gasteiger partial charge on any atom is -0.481 e. The van der Waals surface area contributed by atoms with Gasteiger partial charge in [-0.1, -0.05) is 43.2 Å². The number of nitrogens with one attached hydrogen (secondary N) is 2. The second-order valence-corrected chi connectivity index (χ2v) is 12.1. The number of ether oxygens (including phenoxy) is 1. The van der Waals surface area contributed by atoms with Gasteiger partial charge in [-0.25, -0.2) is 18.2 Å². The van der Waals surface area contributed by atoms with Gasteiger partial charge in [-0.3, -0.25) is 4.79 Å². The number of carboxylic acid groups (broad SMARTS) is 1. The largest absolute Gasteiger partial charge is 0.481 e. The van der Waals surface area contributed by atoms with E-state index in [1.165, 1.54) is 6.20 Å². The summed E-state index contributed by atoms with van der Waals surface area (Å²) in [5, 5.41) is 23.9. The molecule has 7 nitrogen and oxygen atoms in total. The smallest absolute Gasteiger partial charge is 0.308 e. The first-order chi connectivity index (χ1) is 22.3. The van der Waals surface area contributed by atoms with Crippen LogP contribution in [-0.2, 0) is 4.79 Å². The van der Waals surface area contributed by atoms with Gasteiger partial charge < -0.3 is 20.1 Å². The Bertz CT molecular complexity index is 1990. The zero-order valence-corrected chi connectivity index (χ0v) is 24.6. The average molecular weight is 623 g/mol. The van der Waals surface area contributed by atoms with Crippen molar-refractivity contribution in [1.82, 2.24) is 9.97 Å². The number of benzene rings is 3. The molecule has 4 atom stereocenters. The molecule has 2 aliphatic rings. The highest BCUT2D eigenvalue weighted by Crippen LogP contribution is 2.45. The normalized spacial score (nSPS) is 20.7. The summed E-state index contributed by atoms with van der Waals surface area (Å²) in [6.45, 7) is 0. The molecule has 0 saturated heterocycles. The van der Waals surface area contributed by atoms with Crippen molar-refractivity contribution in [2.75, 3.05) is 5.32 Å². The number of fused-ring (bicyclic) bond motifs is 3. The highest BCUT2D eigenvalue weighted by molar-refractivity contribution is 5.98. The number of aromatic nitrogens is 2. The Morgan fingerprint density at radius 2 is 1.78 bits per heavy atom. The molecular weight excluding hydrogens is 593 g/mol. The summed E-state index contributed by atoms with van der Waals surface area (Å²) < 4.78 is 51.7. The summed E-state index contributed by atoms with van der Waals surface area (Å²) in [6.07, 6.45) is 5.46. The molecule has 2 saturated carbocycles. The molecule has 4 unspecified atom stereocenters. The molecule has 3 aromatic carbocycles. The Morgan fingerprint density at radius 1 is 1.02 bits per heavy atom. The number of anilines is 1. The molecule has 0 spiro atoms. The maximum Gasteiger partial charge on any atom is 0.308 e. The molecule has 3 N–H and O–H groups in total. The number of aromatic amines is 1. The third kappa shape index (κ3) is 5.32. The van der Waals surface area contributed by atoms with Crippen molar-refractivity contribution in [3.8, 4) is 40.0 Å². The van der Waals surface area contributed by atoms with Crippen LogP contribution in [0.15, 0.2) is 72.9 Å². The zero-order valence-electron chi connectivity index (χ0n) is 24.6. The van der Waals surface area contributed by atoms with Gasteiger partial charge in [-0.2, -0.15) is 5.26 Å². The Balaban J connectivity index is 1.38. The van der Waals surface area contributed by atoms with E-state index >= 15 is 4.39 Å². The van der Waals surface area contributed by atoms with Crippen molar-refractivity contribution in [2.24, 2.45) is 17.8 Å². The molecule has 0 aliphatic heterocycles. The summed E-state index contributed by atoms with van der Waals surface area (Å²) in [4.78, 5) is 19.7. The number of pyridine rings is 1. The van der Waals surface area contributed by atoms with Gasteiger partial charge >= 0.3 is 5.97 Å². The molecule has 232 valence electrons. The number of carbonyl (C=O) groups is 1. The Kier molecular flexibility index (Phi) is 7.61. The first-order valence-electron chi connectivity index (χ1n) is 15.2. The third-order valence-electron chi connectivity index (χ3n) is 9.31. The SMILES string of the molecule is N#Cc1c(-c2c[nH]c3c(F)cc(F)cc23)nc(NC2C3CCCC(C3)CC2C(=O)O)c(F)c1-c1ccc(Oc2ccccc2)cc1. The topological polar surface area (TPSA) is 111 Å². The molecule has 7 rings (SSSR count). The molecule has 2 fully saturated rings. The standard InChI is InChI=1S/C36H29F3N4O3/c37-22-15-25-28(18-41-34(25)29(38)16-22)33-27(17-40)30(20-9-11-24(12-10-20)46-23-7-2-1-3-8-23)31(39)35(43-33)42-32-21-6-4-5-19(13-21)14-26(32)36(44)45/h1-3,7-12,15-16,18-19,21,26,32,41H,4-6,13-14H2,(H,42,43)(H,44,45). The number of hydrogen-bond acceptors (Lipinski definition) is 5. The van der Waals surface area contributed by atoms with E-state index in [4.69, 9.17) is 4.74 Å². The number of rotatable bonds is 7. The predicted molar refractivity (Wildman–Crippen MR) is 167 cm³/mol. The fourth-order valence-electron chi connectivity index (χ4n) is 7.24. The van der Waals surface area contributed by atoms with Crippen molar-refractivity contribution >= 4 is 22.7 Å². The lowest BCUT2D eigenvalue weighted by molar-refractivity contribution is -0.145. The maximum absolute atomic E-state index is 16.7. The lowest BCUT2D eigenvalue weighted by Crippen LogP contribution is -2.47. The highest BCUT2D eigenvalue weighted by atomic mass is 19.1. The number of nitrogens with zero attached hydrogens (tertiary/aromatic N) is 2. The van der Waals surface area contributed by atoms with Crippen molar-refractivity contribution in [2.45, 2.75) is 38.1 Å². The van der Waals surface area contributed by atoms with Gasteiger partial charge in [0.25, 0.3) is 0 Å². The first kappa shape index (κ1) is 29.4. The molecule has 0 radical (unpaired) electrons. The van der Waals surface area contributed by atoms with Gasteiger partial charge in [0.15, 0.2) is 11.6 Å². The minimum absolute atomic E-state index is 0.00282. The summed E-state index contributed by atoms with van der Waals surface area (Å²) in [7, 11) is 0. The van der Waals surface area contributed by atoms with Crippen LogP contribution in [0.3, 0.4) is 0 Å². The van der Waals surface area contributed by atoms with Crippen LogP contribution in [0.1, 0.15) is 37.7 Å². The van der Waals surface area contributed by atoms with Crippen LogP contribution < -0.4 is 10.1 Å². The molecule has 5 aromatic rings. The molecule has 2 bridgehead atoms. The number of nitriles is 1. The second-order valence-electron chi connectivity index (χ2n) is 12.1. The van der Waals surface area contributed by atoms with Gasteiger partial charge in [-0.05, 0) is 67.0 Å². The minimum atomic E-state index is -0.958. The Labute approximate surface area is 262 Å². The van der Waals surface area contributed by atoms with Crippen molar-refractivity contribution in [3.05, 3.63) is 95.9 Å². The number of aliphatic carboxylic acids is 1. The molecular formula is C36H29F3N4O3. The van der Waals surface area contributed by atoms with E-state index in [1.54, 1.807) is 36.4 Å². The molecule has 0 amide bonds. The van der Waals surface area contributed by atoms with Gasteiger partial charge in [-0.15, -0.1) is 0 Å². The molecule has 46 heavy (non-hydrogen) atoms. The summed E-state index contributed by atoms with van der Waals surface area (Å²) >= 11 is 0. The first-order valence-corrected chi connectivity index (χ1v) is 15.2. The second kappa shape index (κ2) is 11.9. The predicted octanol–water partition coefficient (Wildman–Crippen LogP) is 8.67. The van der Waals surface area contributed by atoms with Crippen LogP contribution in [0.5, 0.6) is 11.5 Å². The van der Waals surface area contributed by atoms with Gasteiger partial charge in [0.05, 0.1) is 22.7 Å². The third-order valence-corrected chi connectivity index (χ3v) is 9.31. The number of carboxylic acids is 1. The Morgan fingerprint density at radius 3 is 2.52 bits per heavy atom. The maximum atomic E-state index is 16.7. The lowest BCUT2D eigenvalue weighted by atomic mass is 9.65. The summed E-state index contributed by atoms with van der Waals surface area (Å²) in [5.74, 6) is -3.00. The van der Waals surface area contributed by atoms with E-state index in [1.807, 2.05) is 18.2 Å². The van der Waals surface area contributed by atoms with Crippen LogP contribution in [-0.4, -0.2) is 27.1 Å². The van der Waals surface area contributed by atoms with Crippen molar-refractivity contribution in [1.29, 1.82) is 5.26 Å². The zero-order chi connectivity index (χ0) is 31.9. The summed E-state index contributed by atoms with van der Waals surface area (Å²) in [6, 6.07) is 19.0. The van der Waals surface area contributed by atoms with E-state index < -0.39 is 35.4 Å². The number of para-hydroxylation sites is 1. The van der Waals surface area contributed by atoms with Crippen LogP contribution in [0.25, 0.3) is 33.3 Å². The van der Waals surface area contributed by atoms with E-state index in [0.717, 1.165) is 37.8 Å². The van der Waals surface area contributed by atoms with Gasteiger partial charge in [0.2, 0.25) is 0 Å². The Hall–Kier alpha value is -5.30. The van der Waals surface area contributed by atoms with Crippen LogP contribution >= 0.6 is 0 Å². The van der Waals surface area contributed by atoms with E-state index in [0.29, 0.717) is 29.4 Å². The van der Waals surface area contributed by atoms with E-state index in [-0.39, 0.29) is 45.0 Å². The number of H-pyrrole nitrogens is 1. The average Bonchev–Trinajstić information content (AvgIpc) is 3.48. The number of halogens is 3. The summed E-state index contributed by atoms with van der Waals surface area (Å²) in [5.41, 5.74) is 0.352. The lowest BCUT2D eigenvalue weighted by Gasteiger charge is -2.44. The fourth-order valence-corrected chi connectivity index (χ4v) is 7.24. The van der Waals surface area contributed by atoms with E-state index in [9.17, 15) is 23.9 Å².